The SMILES string of the molecule is C=C(N1/C(=C\C(C)C)C2(CCN(Cc3cc(F)ccc3F)CC2)Nc2cccnc21)C(F)(F)F. The molecule has 4 rings (SSSR count). The van der Waals surface area contributed by atoms with E-state index < -0.39 is 29.0 Å². The minimum Gasteiger partial charge on any atom is -0.371 e. The Morgan fingerprint density at radius 3 is 2.56 bits per heavy atom. The number of hydrogen-bond donors (Lipinski definition) is 1. The molecule has 9 heteroatoms. The third-order valence-corrected chi connectivity index (χ3v) is 6.30. The third-order valence-electron chi connectivity index (χ3n) is 6.30. The molecule has 34 heavy (non-hydrogen) atoms. The van der Waals surface area contributed by atoms with Crippen molar-refractivity contribution in [3.8, 4) is 0 Å². The standard InChI is InChI=1S/C25H27F5N4/c1-16(2)13-22-24(8-11-33(12-9-24)15-18-14-19(26)6-7-20(18)27)32-21-5-4-10-31-23(21)34(22)17(3)25(28,29)30/h4-7,10,13-14,16,32H,3,8-9,11-12,15H2,1-2H3/b22-13-. The first-order valence-corrected chi connectivity index (χ1v) is 11.2. The summed E-state index contributed by atoms with van der Waals surface area (Å²) in [6.07, 6.45) is -0.419. The summed E-state index contributed by atoms with van der Waals surface area (Å²) in [6.45, 7) is 8.39. The van der Waals surface area contributed by atoms with Gasteiger partial charge in [-0.1, -0.05) is 26.5 Å². The molecule has 1 fully saturated rings. The van der Waals surface area contributed by atoms with Gasteiger partial charge in [0.25, 0.3) is 0 Å². The highest BCUT2D eigenvalue weighted by atomic mass is 19.4. The highest BCUT2D eigenvalue weighted by molar-refractivity contribution is 5.77. The van der Waals surface area contributed by atoms with Crippen molar-refractivity contribution in [1.29, 1.82) is 0 Å². The molecule has 1 saturated heterocycles. The number of nitrogens with one attached hydrogen (secondary N) is 1. The summed E-state index contributed by atoms with van der Waals surface area (Å²) in [6, 6.07) is 6.74. The molecule has 2 aliphatic heterocycles. The summed E-state index contributed by atoms with van der Waals surface area (Å²) in [5, 5.41) is 3.47. The topological polar surface area (TPSA) is 31.4 Å². The molecule has 182 valence electrons. The zero-order valence-corrected chi connectivity index (χ0v) is 19.1. The minimum absolute atomic E-state index is 0.0260. The first kappa shape index (κ1) is 24.2. The Kier molecular flexibility index (Phi) is 6.42. The van der Waals surface area contributed by atoms with E-state index in [9.17, 15) is 22.0 Å². The summed E-state index contributed by atoms with van der Waals surface area (Å²) >= 11 is 0. The van der Waals surface area contributed by atoms with Crippen LogP contribution in [0.4, 0.5) is 33.5 Å². The molecule has 2 aromatic rings. The number of fused-ring (bicyclic) bond motifs is 1. The second kappa shape index (κ2) is 9.02. The smallest absolute Gasteiger partial charge is 0.371 e. The van der Waals surface area contributed by atoms with E-state index >= 15 is 0 Å². The fourth-order valence-corrected chi connectivity index (χ4v) is 4.65. The number of rotatable bonds is 4. The van der Waals surface area contributed by atoms with Crippen molar-refractivity contribution in [2.45, 2.75) is 44.9 Å². The molecule has 0 atom stereocenters. The lowest BCUT2D eigenvalue weighted by molar-refractivity contribution is -0.0927. The second-order valence-electron chi connectivity index (χ2n) is 9.17. The molecule has 1 aromatic heterocycles. The van der Waals surface area contributed by atoms with Crippen molar-refractivity contribution >= 4 is 11.5 Å². The molecule has 2 aliphatic rings. The van der Waals surface area contributed by atoms with Crippen LogP contribution in [0.25, 0.3) is 0 Å². The monoisotopic (exact) mass is 478 g/mol. The average molecular weight is 479 g/mol. The zero-order chi connectivity index (χ0) is 24.7. The third kappa shape index (κ3) is 4.66. The molecule has 0 amide bonds. The van der Waals surface area contributed by atoms with Gasteiger partial charge in [0.1, 0.15) is 17.3 Å². The van der Waals surface area contributed by atoms with Gasteiger partial charge in [-0.05, 0) is 49.1 Å². The normalized spacial score (nSPS) is 19.4. The zero-order valence-electron chi connectivity index (χ0n) is 19.1. The van der Waals surface area contributed by atoms with Crippen LogP contribution in [-0.4, -0.2) is 34.7 Å². The Balaban J connectivity index is 1.68. The number of alkyl halides is 3. The number of halogens is 5. The Labute approximate surface area is 195 Å². The lowest BCUT2D eigenvalue weighted by Gasteiger charge is -2.51. The highest BCUT2D eigenvalue weighted by Crippen LogP contribution is 2.48. The summed E-state index contributed by atoms with van der Waals surface area (Å²) in [5.41, 5.74) is -0.562. The van der Waals surface area contributed by atoms with E-state index in [1.165, 1.54) is 12.3 Å². The number of piperidine rings is 1. The number of pyridine rings is 1. The van der Waals surface area contributed by atoms with Gasteiger partial charge in [-0.25, -0.2) is 13.8 Å². The van der Waals surface area contributed by atoms with E-state index in [0.29, 0.717) is 37.3 Å². The lowest BCUT2D eigenvalue weighted by atomic mass is 9.80. The maximum atomic E-state index is 14.2. The fraction of sp³-hybridized carbons (Fsp3) is 0.400. The van der Waals surface area contributed by atoms with Crippen LogP contribution in [0.3, 0.4) is 0 Å². The Hall–Kier alpha value is -2.94. The fourth-order valence-electron chi connectivity index (χ4n) is 4.65. The van der Waals surface area contributed by atoms with Crippen LogP contribution in [0.1, 0.15) is 32.3 Å². The van der Waals surface area contributed by atoms with Crippen LogP contribution in [0.5, 0.6) is 0 Å². The van der Waals surface area contributed by atoms with Crippen LogP contribution in [0.15, 0.2) is 60.6 Å². The predicted octanol–water partition coefficient (Wildman–Crippen LogP) is 6.24. The van der Waals surface area contributed by atoms with E-state index in [1.807, 2.05) is 24.8 Å². The van der Waals surface area contributed by atoms with Gasteiger partial charge in [0.2, 0.25) is 0 Å². The Morgan fingerprint density at radius 2 is 1.91 bits per heavy atom. The maximum absolute atomic E-state index is 14.2. The van der Waals surface area contributed by atoms with E-state index in [2.05, 4.69) is 16.9 Å². The summed E-state index contributed by atoms with van der Waals surface area (Å²) < 4.78 is 69.4. The molecule has 3 heterocycles. The van der Waals surface area contributed by atoms with Gasteiger partial charge >= 0.3 is 6.18 Å². The van der Waals surface area contributed by atoms with E-state index in [0.717, 1.165) is 17.0 Å². The predicted molar refractivity (Wildman–Crippen MR) is 122 cm³/mol. The first-order chi connectivity index (χ1) is 16.0. The van der Waals surface area contributed by atoms with Gasteiger partial charge in [-0.3, -0.25) is 9.80 Å². The number of likely N-dealkylation sites (tertiary alicyclic amines) is 1. The van der Waals surface area contributed by atoms with Crippen molar-refractivity contribution in [3.63, 3.8) is 0 Å². The van der Waals surface area contributed by atoms with E-state index in [4.69, 9.17) is 0 Å². The molecule has 1 spiro atoms. The number of aromatic nitrogens is 1. The molecule has 0 bridgehead atoms. The molecular formula is C25H27F5N4. The summed E-state index contributed by atoms with van der Waals surface area (Å²) in [4.78, 5) is 7.35. The van der Waals surface area contributed by atoms with Crippen LogP contribution < -0.4 is 10.2 Å². The Bertz CT molecular complexity index is 1100. The van der Waals surface area contributed by atoms with Gasteiger partial charge in [-0.15, -0.1) is 0 Å². The molecule has 0 saturated carbocycles. The number of benzene rings is 1. The molecule has 1 aromatic carbocycles. The summed E-state index contributed by atoms with van der Waals surface area (Å²) in [5.74, 6) is -0.856. The van der Waals surface area contributed by atoms with Crippen molar-refractivity contribution in [1.82, 2.24) is 9.88 Å². The average Bonchev–Trinajstić information content (AvgIpc) is 2.77. The molecule has 4 nitrogen and oxygen atoms in total. The van der Waals surface area contributed by atoms with Crippen LogP contribution in [-0.2, 0) is 6.54 Å². The van der Waals surface area contributed by atoms with Gasteiger partial charge in [0.15, 0.2) is 5.82 Å². The first-order valence-electron chi connectivity index (χ1n) is 11.2. The molecule has 0 aliphatic carbocycles. The summed E-state index contributed by atoms with van der Waals surface area (Å²) in [7, 11) is 0. The van der Waals surface area contributed by atoms with Crippen molar-refractivity contribution in [3.05, 3.63) is 77.8 Å². The van der Waals surface area contributed by atoms with E-state index in [1.54, 1.807) is 12.1 Å². The van der Waals surface area contributed by atoms with Crippen LogP contribution >= 0.6 is 0 Å². The number of hydrogen-bond acceptors (Lipinski definition) is 4. The van der Waals surface area contributed by atoms with Crippen LogP contribution in [0.2, 0.25) is 0 Å². The molecule has 1 N–H and O–H groups in total. The number of anilines is 2. The van der Waals surface area contributed by atoms with Crippen LogP contribution in [0, 0.1) is 17.6 Å². The quantitative estimate of drug-likeness (QED) is 0.527. The van der Waals surface area contributed by atoms with E-state index in [-0.39, 0.29) is 23.8 Å². The lowest BCUT2D eigenvalue weighted by Crippen LogP contribution is -2.57. The second-order valence-corrected chi connectivity index (χ2v) is 9.17. The van der Waals surface area contributed by atoms with Crippen molar-refractivity contribution in [2.75, 3.05) is 23.3 Å². The maximum Gasteiger partial charge on any atom is 0.431 e. The van der Waals surface area contributed by atoms with Crippen molar-refractivity contribution < 1.29 is 22.0 Å². The molecular weight excluding hydrogens is 451 g/mol. The van der Waals surface area contributed by atoms with Crippen molar-refractivity contribution in [2.24, 2.45) is 5.92 Å². The van der Waals surface area contributed by atoms with Gasteiger partial charge in [0, 0.05) is 37.1 Å². The Morgan fingerprint density at radius 1 is 1.21 bits per heavy atom. The minimum atomic E-state index is -4.64. The highest BCUT2D eigenvalue weighted by Gasteiger charge is 2.49. The van der Waals surface area contributed by atoms with Gasteiger partial charge in [0.05, 0.1) is 11.2 Å². The number of nitrogens with zero attached hydrogens (tertiary/aromatic N) is 3. The largest absolute Gasteiger partial charge is 0.431 e. The molecule has 0 unspecified atom stereocenters. The molecule has 0 radical (unpaired) electrons. The van der Waals surface area contributed by atoms with Gasteiger partial charge in [-0.2, -0.15) is 13.2 Å². The number of allylic oxidation sites excluding steroid dienone is 2. The van der Waals surface area contributed by atoms with Gasteiger partial charge < -0.3 is 5.32 Å².